The maximum Gasteiger partial charge on any atom is 0.127 e. The van der Waals surface area contributed by atoms with E-state index in [1.807, 2.05) is 13.8 Å². The van der Waals surface area contributed by atoms with Crippen LogP contribution in [0, 0.1) is 5.82 Å². The van der Waals surface area contributed by atoms with Gasteiger partial charge in [0.2, 0.25) is 0 Å². The van der Waals surface area contributed by atoms with Gasteiger partial charge in [-0.1, -0.05) is 0 Å². The summed E-state index contributed by atoms with van der Waals surface area (Å²) in [6.07, 6.45) is 3.40. The molecular weight excluding hydrogens is 247 g/mol. The van der Waals surface area contributed by atoms with E-state index in [-0.39, 0.29) is 18.5 Å². The van der Waals surface area contributed by atoms with Crippen molar-refractivity contribution in [2.45, 2.75) is 26.5 Å². The average molecular weight is 264 g/mol. The van der Waals surface area contributed by atoms with Crippen LogP contribution >= 0.6 is 0 Å². The third kappa shape index (κ3) is 3.54. The number of aliphatic hydroxyl groups is 1. The maximum absolute atomic E-state index is 13.6. The Kier molecular flexibility index (Phi) is 4.16. The van der Waals surface area contributed by atoms with Crippen LogP contribution < -0.4 is 4.74 Å². The molecule has 1 heterocycles. The van der Waals surface area contributed by atoms with E-state index in [4.69, 9.17) is 9.84 Å². The molecule has 0 unspecified atom stereocenters. The highest BCUT2D eigenvalue weighted by Gasteiger charge is 2.07. The molecule has 0 radical (unpaired) electrons. The van der Waals surface area contributed by atoms with Crippen molar-refractivity contribution >= 4 is 0 Å². The lowest BCUT2D eigenvalue weighted by Gasteiger charge is -2.10. The predicted octanol–water partition coefficient (Wildman–Crippen LogP) is 2.47. The second-order valence-corrected chi connectivity index (χ2v) is 4.56. The van der Waals surface area contributed by atoms with Gasteiger partial charge in [0.05, 0.1) is 25.5 Å². The minimum absolute atomic E-state index is 0.00763. The summed E-state index contributed by atoms with van der Waals surface area (Å²) >= 11 is 0. The number of ether oxygens (including phenoxy) is 1. The summed E-state index contributed by atoms with van der Waals surface area (Å²) in [6.45, 7) is 4.23. The highest BCUT2D eigenvalue weighted by Crippen LogP contribution is 2.26. The van der Waals surface area contributed by atoms with E-state index in [1.165, 1.54) is 12.1 Å². The summed E-state index contributed by atoms with van der Waals surface area (Å²) in [5.74, 6) is 0.156. The van der Waals surface area contributed by atoms with E-state index < -0.39 is 0 Å². The number of hydrogen-bond acceptors (Lipinski definition) is 3. The van der Waals surface area contributed by atoms with Crippen LogP contribution in [0.5, 0.6) is 5.75 Å². The second-order valence-electron chi connectivity index (χ2n) is 4.56. The lowest BCUT2D eigenvalue weighted by Crippen LogP contribution is -2.05. The van der Waals surface area contributed by atoms with Gasteiger partial charge in [0, 0.05) is 17.8 Å². The molecule has 19 heavy (non-hydrogen) atoms. The van der Waals surface area contributed by atoms with Gasteiger partial charge in [-0.2, -0.15) is 5.10 Å². The lowest BCUT2D eigenvalue weighted by atomic mass is 10.1. The van der Waals surface area contributed by atoms with E-state index in [0.717, 1.165) is 5.56 Å². The van der Waals surface area contributed by atoms with Gasteiger partial charge in [0.15, 0.2) is 0 Å². The van der Waals surface area contributed by atoms with E-state index >= 15 is 0 Å². The fourth-order valence-corrected chi connectivity index (χ4v) is 1.81. The molecule has 1 aromatic heterocycles. The van der Waals surface area contributed by atoms with Gasteiger partial charge in [-0.3, -0.25) is 4.68 Å². The molecular formula is C14H17FN2O2. The standard InChI is InChI=1S/C14H17FN2O2/c1-10(2)19-14-6-11(5-13(15)7-14)12-8-16-17(9-12)3-4-18/h5-10,18H,3-4H2,1-2H3. The molecule has 0 amide bonds. The number of nitrogens with zero attached hydrogens (tertiary/aromatic N) is 2. The van der Waals surface area contributed by atoms with Gasteiger partial charge in [-0.05, 0) is 31.5 Å². The summed E-state index contributed by atoms with van der Waals surface area (Å²) < 4.78 is 20.7. The Hall–Kier alpha value is -1.88. The first-order chi connectivity index (χ1) is 9.08. The molecule has 0 atom stereocenters. The largest absolute Gasteiger partial charge is 0.491 e. The highest BCUT2D eigenvalue weighted by molar-refractivity contribution is 5.63. The first-order valence-corrected chi connectivity index (χ1v) is 6.19. The molecule has 102 valence electrons. The van der Waals surface area contributed by atoms with Crippen molar-refractivity contribution < 1.29 is 14.2 Å². The molecule has 0 saturated carbocycles. The van der Waals surface area contributed by atoms with Crippen LogP contribution in [0.25, 0.3) is 11.1 Å². The predicted molar refractivity (Wildman–Crippen MR) is 70.5 cm³/mol. The van der Waals surface area contributed by atoms with Crippen molar-refractivity contribution in [3.63, 3.8) is 0 Å². The van der Waals surface area contributed by atoms with Crippen LogP contribution in [0.4, 0.5) is 4.39 Å². The van der Waals surface area contributed by atoms with E-state index in [2.05, 4.69) is 5.10 Å². The van der Waals surface area contributed by atoms with Gasteiger partial charge >= 0.3 is 0 Å². The monoisotopic (exact) mass is 264 g/mol. The smallest absolute Gasteiger partial charge is 0.127 e. The fourth-order valence-electron chi connectivity index (χ4n) is 1.81. The molecule has 0 aliphatic heterocycles. The zero-order valence-electron chi connectivity index (χ0n) is 11.0. The first-order valence-electron chi connectivity index (χ1n) is 6.19. The Morgan fingerprint density at radius 3 is 2.79 bits per heavy atom. The van der Waals surface area contributed by atoms with E-state index in [1.54, 1.807) is 23.1 Å². The van der Waals surface area contributed by atoms with Gasteiger partial charge in [0.25, 0.3) is 0 Å². The van der Waals surface area contributed by atoms with Crippen molar-refractivity contribution in [3.05, 3.63) is 36.4 Å². The molecule has 4 nitrogen and oxygen atoms in total. The number of rotatable bonds is 5. The Morgan fingerprint density at radius 2 is 2.11 bits per heavy atom. The summed E-state index contributed by atoms with van der Waals surface area (Å²) in [4.78, 5) is 0. The molecule has 2 rings (SSSR count). The van der Waals surface area contributed by atoms with E-state index in [9.17, 15) is 4.39 Å². The van der Waals surface area contributed by atoms with Crippen LogP contribution in [0.3, 0.4) is 0 Å². The number of benzene rings is 1. The maximum atomic E-state index is 13.6. The SMILES string of the molecule is CC(C)Oc1cc(F)cc(-c2cnn(CCO)c2)c1. The number of hydrogen-bond donors (Lipinski definition) is 1. The average Bonchev–Trinajstić information content (AvgIpc) is 2.76. The van der Waals surface area contributed by atoms with Crippen LogP contribution in [-0.4, -0.2) is 27.6 Å². The highest BCUT2D eigenvalue weighted by atomic mass is 19.1. The summed E-state index contributed by atoms with van der Waals surface area (Å²) in [7, 11) is 0. The van der Waals surface area contributed by atoms with Gasteiger partial charge in [0.1, 0.15) is 11.6 Å². The zero-order chi connectivity index (χ0) is 13.8. The summed E-state index contributed by atoms with van der Waals surface area (Å²) in [6, 6.07) is 4.58. The van der Waals surface area contributed by atoms with E-state index in [0.29, 0.717) is 17.9 Å². The topological polar surface area (TPSA) is 47.3 Å². The van der Waals surface area contributed by atoms with Crippen LogP contribution in [0.2, 0.25) is 0 Å². The van der Waals surface area contributed by atoms with Crippen molar-refractivity contribution in [2.75, 3.05) is 6.61 Å². The quantitative estimate of drug-likeness (QED) is 0.902. The third-order valence-electron chi connectivity index (χ3n) is 2.54. The van der Waals surface area contributed by atoms with Crippen molar-refractivity contribution in [1.29, 1.82) is 0 Å². The molecule has 1 aromatic carbocycles. The molecule has 0 fully saturated rings. The van der Waals surface area contributed by atoms with Gasteiger partial charge in [-0.25, -0.2) is 4.39 Å². The fraction of sp³-hybridized carbons (Fsp3) is 0.357. The first kappa shape index (κ1) is 13.5. The number of aliphatic hydroxyl groups excluding tert-OH is 1. The number of aromatic nitrogens is 2. The molecule has 1 N–H and O–H groups in total. The zero-order valence-corrected chi connectivity index (χ0v) is 11.0. The molecule has 0 spiro atoms. The second kappa shape index (κ2) is 5.84. The van der Waals surface area contributed by atoms with Crippen LogP contribution in [0.15, 0.2) is 30.6 Å². The van der Waals surface area contributed by atoms with Gasteiger partial charge < -0.3 is 9.84 Å². The molecule has 0 aliphatic carbocycles. The normalized spacial score (nSPS) is 11.0. The van der Waals surface area contributed by atoms with Crippen molar-refractivity contribution in [1.82, 2.24) is 9.78 Å². The van der Waals surface area contributed by atoms with Crippen molar-refractivity contribution in [2.24, 2.45) is 0 Å². The Bertz CT molecular complexity index is 552. The molecule has 2 aromatic rings. The molecule has 0 saturated heterocycles. The molecule has 0 aliphatic rings. The van der Waals surface area contributed by atoms with Gasteiger partial charge in [-0.15, -0.1) is 0 Å². The van der Waals surface area contributed by atoms with Crippen LogP contribution in [-0.2, 0) is 6.54 Å². The van der Waals surface area contributed by atoms with Crippen molar-refractivity contribution in [3.8, 4) is 16.9 Å². The lowest BCUT2D eigenvalue weighted by molar-refractivity contribution is 0.241. The minimum atomic E-state index is -0.344. The summed E-state index contributed by atoms with van der Waals surface area (Å²) in [5, 5.41) is 12.9. The minimum Gasteiger partial charge on any atom is -0.491 e. The third-order valence-corrected chi connectivity index (χ3v) is 2.54. The molecule has 0 bridgehead atoms. The Morgan fingerprint density at radius 1 is 1.32 bits per heavy atom. The number of halogens is 1. The Labute approximate surface area is 111 Å². The Balaban J connectivity index is 2.29. The van der Waals surface area contributed by atoms with Crippen LogP contribution in [0.1, 0.15) is 13.8 Å². The summed E-state index contributed by atoms with van der Waals surface area (Å²) in [5.41, 5.74) is 1.50. The molecule has 5 heteroatoms.